The summed E-state index contributed by atoms with van der Waals surface area (Å²) in [5.41, 5.74) is 10.3. The van der Waals surface area contributed by atoms with Gasteiger partial charge in [-0.15, -0.1) is 11.3 Å². The molecule has 61 heavy (non-hydrogen) atoms. The number of hydrogen-bond acceptors (Lipinski definition) is 4. The molecule has 0 aliphatic heterocycles. The van der Waals surface area contributed by atoms with Crippen molar-refractivity contribution in [2.45, 2.75) is 26.2 Å². The molecule has 3 nitrogen and oxygen atoms in total. The van der Waals surface area contributed by atoms with Crippen molar-refractivity contribution in [3.63, 3.8) is 0 Å². The Labute approximate surface area is 357 Å². The predicted molar refractivity (Wildman–Crippen MR) is 261 cm³/mol. The van der Waals surface area contributed by atoms with E-state index in [0.29, 0.717) is 0 Å². The minimum absolute atomic E-state index is 0.0511. The van der Waals surface area contributed by atoms with Crippen molar-refractivity contribution in [3.05, 3.63) is 194 Å². The van der Waals surface area contributed by atoms with Crippen LogP contribution in [0.15, 0.2) is 193 Å². The third-order valence-corrected chi connectivity index (χ3v) is 13.6. The summed E-state index contributed by atoms with van der Waals surface area (Å²) in [5.74, 6) is 0. The lowest BCUT2D eigenvalue weighted by Gasteiger charge is -2.28. The summed E-state index contributed by atoms with van der Waals surface area (Å²) >= 11 is 1.88. The number of benzene rings is 9. The number of aromatic nitrogens is 1. The Kier molecular flexibility index (Phi) is 7.97. The summed E-state index contributed by atoms with van der Waals surface area (Å²) in [5, 5.41) is 12.2. The molecule has 0 aliphatic rings. The fraction of sp³-hybridized carbons (Fsp3) is 0.0702. The maximum atomic E-state index is 7.09. The van der Waals surface area contributed by atoms with Gasteiger partial charge < -0.3 is 9.32 Å². The van der Waals surface area contributed by atoms with E-state index in [-0.39, 0.29) is 5.41 Å². The van der Waals surface area contributed by atoms with Gasteiger partial charge in [0.15, 0.2) is 5.58 Å². The quantitative estimate of drug-likeness (QED) is 0.162. The van der Waals surface area contributed by atoms with Gasteiger partial charge in [0.2, 0.25) is 0 Å². The standard InChI is InChI=1S/C57H40N2OS/c1-57(2,3)36-27-25-35(26-28-36)38-14-6-8-22-51(38)59(52-23-13-19-44-43-18-12-20-45(55(43)60-56(44)52)50-21-10-11-31-58-50)37-29-30-41-46(32-37)39-15-4-5-16-40(39)48-34-54-49(33-47(41)48)42-17-7-9-24-53(42)61-54/h4-34H,1-3H3. The van der Waals surface area contributed by atoms with Gasteiger partial charge in [0, 0.05) is 54.0 Å². The van der Waals surface area contributed by atoms with E-state index in [4.69, 9.17) is 9.40 Å². The molecule has 12 aromatic rings. The molecule has 0 atom stereocenters. The van der Waals surface area contributed by atoms with Gasteiger partial charge in [-0.25, -0.2) is 0 Å². The first-order valence-corrected chi connectivity index (χ1v) is 21.8. The molecule has 3 aromatic heterocycles. The predicted octanol–water partition coefficient (Wildman–Crippen LogP) is 16.9. The van der Waals surface area contributed by atoms with Crippen molar-refractivity contribution in [1.29, 1.82) is 0 Å². The maximum Gasteiger partial charge on any atom is 0.159 e. The number of nitrogens with zero attached hydrogens (tertiary/aromatic N) is 2. The van der Waals surface area contributed by atoms with Crippen LogP contribution in [0.2, 0.25) is 0 Å². The fourth-order valence-electron chi connectivity index (χ4n) is 9.47. The van der Waals surface area contributed by atoms with Crippen LogP contribution in [0.5, 0.6) is 0 Å². The number of hydrogen-bond donors (Lipinski definition) is 0. The lowest BCUT2D eigenvalue weighted by molar-refractivity contribution is 0.590. The molecule has 0 fully saturated rings. The van der Waals surface area contributed by atoms with Crippen molar-refractivity contribution in [1.82, 2.24) is 4.98 Å². The van der Waals surface area contributed by atoms with Crippen molar-refractivity contribution >= 4 is 103 Å². The first-order valence-electron chi connectivity index (χ1n) is 20.9. The Morgan fingerprint density at radius 2 is 1.07 bits per heavy atom. The molecule has 0 N–H and O–H groups in total. The molecule has 3 heterocycles. The van der Waals surface area contributed by atoms with Gasteiger partial charge in [-0.1, -0.05) is 142 Å². The third-order valence-electron chi connectivity index (χ3n) is 12.5. The molecule has 9 aromatic carbocycles. The van der Waals surface area contributed by atoms with Crippen LogP contribution < -0.4 is 4.90 Å². The summed E-state index contributed by atoms with van der Waals surface area (Å²) in [4.78, 5) is 7.13. The summed E-state index contributed by atoms with van der Waals surface area (Å²) < 4.78 is 9.73. The Balaban J connectivity index is 1.15. The molecule has 0 unspecified atom stereocenters. The molecule has 0 saturated heterocycles. The highest BCUT2D eigenvalue weighted by molar-refractivity contribution is 7.25. The summed E-state index contributed by atoms with van der Waals surface area (Å²) in [7, 11) is 0. The molecule has 0 amide bonds. The SMILES string of the molecule is CC(C)(C)c1ccc(-c2ccccc2N(c2ccc3c(c2)c2ccccc2c2cc4sc5ccccc5c4cc32)c2cccc3c2oc2c(-c4ccccn4)cccc23)cc1. The molecule has 12 rings (SSSR count). The van der Waals surface area contributed by atoms with Gasteiger partial charge in [-0.2, -0.15) is 0 Å². The molecule has 0 spiro atoms. The van der Waals surface area contributed by atoms with Crippen LogP contribution in [-0.4, -0.2) is 4.98 Å². The van der Waals surface area contributed by atoms with Crippen LogP contribution in [0.4, 0.5) is 17.1 Å². The first kappa shape index (κ1) is 35.7. The zero-order valence-corrected chi connectivity index (χ0v) is 34.9. The lowest BCUT2D eigenvalue weighted by atomic mass is 9.86. The van der Waals surface area contributed by atoms with Gasteiger partial charge in [0.1, 0.15) is 5.58 Å². The summed E-state index contributed by atoms with van der Waals surface area (Å²) in [6.45, 7) is 6.80. The number of thiophene rings is 1. The zero-order valence-electron chi connectivity index (χ0n) is 34.1. The van der Waals surface area contributed by atoms with Gasteiger partial charge >= 0.3 is 0 Å². The van der Waals surface area contributed by atoms with Gasteiger partial charge in [-0.05, 0) is 110 Å². The molecule has 0 radical (unpaired) electrons. The fourth-order valence-corrected chi connectivity index (χ4v) is 10.6. The number of para-hydroxylation sites is 3. The molecule has 290 valence electrons. The van der Waals surface area contributed by atoms with Gasteiger partial charge in [0.25, 0.3) is 0 Å². The number of pyridine rings is 1. The molecule has 0 saturated carbocycles. The third kappa shape index (κ3) is 5.67. The molecular formula is C57H40N2OS. The van der Waals surface area contributed by atoms with Crippen molar-refractivity contribution < 1.29 is 4.42 Å². The minimum Gasteiger partial charge on any atom is -0.453 e. The normalized spacial score (nSPS) is 12.2. The number of anilines is 3. The second kappa shape index (κ2) is 13.6. The minimum atomic E-state index is 0.0511. The maximum absolute atomic E-state index is 7.09. The average Bonchev–Trinajstić information content (AvgIpc) is 3.87. The summed E-state index contributed by atoms with van der Waals surface area (Å²) in [6.07, 6.45) is 1.84. The zero-order chi connectivity index (χ0) is 40.8. The Morgan fingerprint density at radius 3 is 1.85 bits per heavy atom. The van der Waals surface area contributed by atoms with Crippen molar-refractivity contribution in [2.24, 2.45) is 0 Å². The van der Waals surface area contributed by atoms with E-state index >= 15 is 0 Å². The van der Waals surface area contributed by atoms with E-state index in [1.165, 1.54) is 58.1 Å². The van der Waals surface area contributed by atoms with Crippen LogP contribution in [0.1, 0.15) is 26.3 Å². The van der Waals surface area contributed by atoms with Gasteiger partial charge in [-0.3, -0.25) is 4.98 Å². The van der Waals surface area contributed by atoms with E-state index in [1.807, 2.05) is 35.7 Å². The summed E-state index contributed by atoms with van der Waals surface area (Å²) in [6, 6.07) is 66.4. The lowest BCUT2D eigenvalue weighted by Crippen LogP contribution is -2.12. The molecule has 0 aliphatic carbocycles. The van der Waals surface area contributed by atoms with Crippen LogP contribution >= 0.6 is 11.3 Å². The molecule has 0 bridgehead atoms. The van der Waals surface area contributed by atoms with Crippen molar-refractivity contribution in [2.75, 3.05) is 4.90 Å². The van der Waals surface area contributed by atoms with Crippen LogP contribution in [0.25, 0.3) is 96.8 Å². The van der Waals surface area contributed by atoms with Crippen LogP contribution in [-0.2, 0) is 5.41 Å². The number of rotatable bonds is 5. The average molecular weight is 801 g/mol. The largest absolute Gasteiger partial charge is 0.453 e. The number of furan rings is 1. The van der Waals surface area contributed by atoms with E-state index in [9.17, 15) is 0 Å². The van der Waals surface area contributed by atoms with E-state index in [0.717, 1.165) is 61.4 Å². The highest BCUT2D eigenvalue weighted by atomic mass is 32.1. The second-order valence-corrected chi connectivity index (χ2v) is 18.2. The van der Waals surface area contributed by atoms with E-state index in [1.54, 1.807) is 0 Å². The molecule has 4 heteroatoms. The van der Waals surface area contributed by atoms with E-state index in [2.05, 4.69) is 189 Å². The Morgan fingerprint density at radius 1 is 0.443 bits per heavy atom. The Bertz CT molecular complexity index is 3690. The number of fused-ring (bicyclic) bond motifs is 12. The monoisotopic (exact) mass is 800 g/mol. The highest BCUT2D eigenvalue weighted by Gasteiger charge is 2.24. The van der Waals surface area contributed by atoms with Crippen LogP contribution in [0.3, 0.4) is 0 Å². The smallest absolute Gasteiger partial charge is 0.159 e. The van der Waals surface area contributed by atoms with Gasteiger partial charge in [0.05, 0.1) is 17.1 Å². The first-order chi connectivity index (χ1) is 29.9. The Hall–Kier alpha value is -7.27. The van der Waals surface area contributed by atoms with Crippen molar-refractivity contribution in [3.8, 4) is 22.4 Å². The second-order valence-electron chi connectivity index (χ2n) is 17.1. The van der Waals surface area contributed by atoms with E-state index < -0.39 is 0 Å². The topological polar surface area (TPSA) is 29.3 Å². The molecular weight excluding hydrogens is 761 g/mol. The van der Waals surface area contributed by atoms with Crippen LogP contribution in [0, 0.1) is 0 Å². The highest BCUT2D eigenvalue weighted by Crippen LogP contribution is 2.49.